The van der Waals surface area contributed by atoms with Crippen molar-refractivity contribution in [2.75, 3.05) is 10.6 Å². The van der Waals surface area contributed by atoms with E-state index < -0.39 is 17.9 Å². The number of hydrogen-bond donors (Lipinski definition) is 4. The van der Waals surface area contributed by atoms with Crippen LogP contribution in [0.4, 0.5) is 17.4 Å². The second kappa shape index (κ2) is 12.0. The summed E-state index contributed by atoms with van der Waals surface area (Å²) in [6, 6.07) is 29.6. The highest BCUT2D eigenvalue weighted by Crippen LogP contribution is 2.23. The molecule has 1 heterocycles. The van der Waals surface area contributed by atoms with Crippen molar-refractivity contribution in [2.24, 2.45) is 0 Å². The van der Waals surface area contributed by atoms with E-state index in [-0.39, 0.29) is 24.3 Å². The molecule has 0 saturated heterocycles. The number of hydrogen-bond acceptors (Lipinski definition) is 6. The Morgan fingerprint density at radius 1 is 0.800 bits per heavy atom. The molecule has 0 bridgehead atoms. The molecule has 5 aromatic rings. The Morgan fingerprint density at radius 2 is 1.50 bits per heavy atom. The van der Waals surface area contributed by atoms with Crippen molar-refractivity contribution in [3.8, 4) is 0 Å². The number of oxazole rings is 1. The number of amides is 2. The van der Waals surface area contributed by atoms with Gasteiger partial charge in [0.15, 0.2) is 5.58 Å². The number of aromatic carboxylic acids is 1. The van der Waals surface area contributed by atoms with Crippen LogP contribution in [0.5, 0.6) is 0 Å². The van der Waals surface area contributed by atoms with Crippen LogP contribution >= 0.6 is 0 Å². The first-order chi connectivity index (χ1) is 19.4. The van der Waals surface area contributed by atoms with Gasteiger partial charge in [-0.15, -0.1) is 0 Å². The predicted molar refractivity (Wildman–Crippen MR) is 152 cm³/mol. The minimum atomic E-state index is -1.06. The van der Waals surface area contributed by atoms with Crippen molar-refractivity contribution in [2.45, 2.75) is 18.9 Å². The Balaban J connectivity index is 1.27. The number of carbonyl (C=O) groups is 3. The molecule has 0 spiro atoms. The lowest BCUT2D eigenvalue weighted by Gasteiger charge is -2.19. The fraction of sp³-hybridized carbons (Fsp3) is 0.0968. The number of carbonyl (C=O) groups excluding carboxylic acids is 2. The maximum atomic E-state index is 13.2. The van der Waals surface area contributed by atoms with Crippen LogP contribution in [0.1, 0.15) is 21.5 Å². The zero-order valence-electron chi connectivity index (χ0n) is 21.3. The molecule has 200 valence electrons. The fourth-order valence-corrected chi connectivity index (χ4v) is 4.19. The molecule has 4 aromatic carbocycles. The second-order valence-corrected chi connectivity index (χ2v) is 9.17. The summed E-state index contributed by atoms with van der Waals surface area (Å²) in [5, 5.41) is 17.8. The third-order valence-corrected chi connectivity index (χ3v) is 6.18. The Labute approximate surface area is 229 Å². The van der Waals surface area contributed by atoms with Gasteiger partial charge >= 0.3 is 5.97 Å². The number of carboxylic acids is 1. The standard InChI is InChI=1S/C31H26N4O5/c36-28(19-21-11-16-25-27(18-21)40-31(35-25)33-23-9-5-2-6-10-23)34-26(17-20-7-3-1-4-8-20)29(37)32-24-14-12-22(13-15-24)30(38)39/h1-16,18,26H,17,19H2,(H,32,37)(H,33,35)(H,34,36)(H,38,39)/t26-/m1/s1. The molecule has 9 heteroatoms. The Morgan fingerprint density at radius 3 is 2.20 bits per heavy atom. The van der Waals surface area contributed by atoms with Crippen molar-refractivity contribution in [3.63, 3.8) is 0 Å². The van der Waals surface area contributed by atoms with E-state index in [0.29, 0.717) is 28.4 Å². The van der Waals surface area contributed by atoms with Crippen LogP contribution in [0.25, 0.3) is 11.1 Å². The molecule has 1 atom stereocenters. The molecule has 0 aliphatic heterocycles. The number of carboxylic acid groups (broad SMARTS) is 1. The van der Waals surface area contributed by atoms with E-state index in [1.807, 2.05) is 60.7 Å². The minimum absolute atomic E-state index is 0.0317. The maximum absolute atomic E-state index is 13.2. The van der Waals surface area contributed by atoms with Crippen LogP contribution in [0.2, 0.25) is 0 Å². The normalized spacial score (nSPS) is 11.5. The van der Waals surface area contributed by atoms with Crippen molar-refractivity contribution in [3.05, 3.63) is 120 Å². The van der Waals surface area contributed by atoms with Crippen LogP contribution in [0.15, 0.2) is 108 Å². The number of fused-ring (bicyclic) bond motifs is 1. The zero-order chi connectivity index (χ0) is 27.9. The molecule has 5 rings (SSSR count). The van der Waals surface area contributed by atoms with Crippen LogP contribution in [-0.2, 0) is 22.4 Å². The van der Waals surface area contributed by atoms with Crippen LogP contribution in [0.3, 0.4) is 0 Å². The number of aromatic nitrogens is 1. The Bertz CT molecular complexity index is 1630. The van der Waals surface area contributed by atoms with Crippen molar-refractivity contribution >= 4 is 46.3 Å². The fourth-order valence-electron chi connectivity index (χ4n) is 4.19. The number of benzene rings is 4. The monoisotopic (exact) mass is 534 g/mol. The van der Waals surface area contributed by atoms with E-state index in [0.717, 1.165) is 11.3 Å². The van der Waals surface area contributed by atoms with Crippen molar-refractivity contribution < 1.29 is 23.9 Å². The summed E-state index contributed by atoms with van der Waals surface area (Å²) in [6.45, 7) is 0. The van der Waals surface area contributed by atoms with Gasteiger partial charge in [-0.2, -0.15) is 4.98 Å². The molecular formula is C31H26N4O5. The third kappa shape index (κ3) is 6.70. The highest BCUT2D eigenvalue weighted by molar-refractivity contribution is 5.98. The molecule has 4 N–H and O–H groups in total. The summed E-state index contributed by atoms with van der Waals surface area (Å²) in [6.07, 6.45) is 0.311. The summed E-state index contributed by atoms with van der Waals surface area (Å²) in [5.74, 6) is -1.80. The van der Waals surface area contributed by atoms with Gasteiger partial charge in [0, 0.05) is 17.8 Å². The summed E-state index contributed by atoms with van der Waals surface area (Å²) in [4.78, 5) is 41.8. The first-order valence-corrected chi connectivity index (χ1v) is 12.6. The maximum Gasteiger partial charge on any atom is 0.335 e. The number of anilines is 3. The summed E-state index contributed by atoms with van der Waals surface area (Å²) >= 11 is 0. The Hall–Kier alpha value is -5.44. The van der Waals surface area contributed by atoms with Gasteiger partial charge < -0.3 is 25.5 Å². The smallest absolute Gasteiger partial charge is 0.335 e. The molecule has 9 nitrogen and oxygen atoms in total. The molecule has 0 unspecified atom stereocenters. The highest BCUT2D eigenvalue weighted by Gasteiger charge is 2.22. The van der Waals surface area contributed by atoms with Gasteiger partial charge in [-0.1, -0.05) is 54.6 Å². The average molecular weight is 535 g/mol. The van der Waals surface area contributed by atoms with Gasteiger partial charge in [0.1, 0.15) is 11.6 Å². The minimum Gasteiger partial charge on any atom is -0.478 e. The van der Waals surface area contributed by atoms with E-state index >= 15 is 0 Å². The summed E-state index contributed by atoms with van der Waals surface area (Å²) in [7, 11) is 0. The Kier molecular flexibility index (Phi) is 7.82. The number of nitrogens with zero attached hydrogens (tertiary/aromatic N) is 1. The van der Waals surface area contributed by atoms with Gasteiger partial charge in [-0.05, 0) is 59.7 Å². The second-order valence-electron chi connectivity index (χ2n) is 9.17. The van der Waals surface area contributed by atoms with Crippen molar-refractivity contribution in [1.82, 2.24) is 10.3 Å². The lowest BCUT2D eigenvalue weighted by Crippen LogP contribution is -2.45. The molecule has 0 fully saturated rings. The number of para-hydroxylation sites is 1. The van der Waals surface area contributed by atoms with Crippen molar-refractivity contribution in [1.29, 1.82) is 0 Å². The first kappa shape index (κ1) is 26.2. The number of rotatable bonds is 10. The third-order valence-electron chi connectivity index (χ3n) is 6.18. The highest BCUT2D eigenvalue weighted by atomic mass is 16.4. The molecule has 1 aromatic heterocycles. The van der Waals surface area contributed by atoms with Crippen LogP contribution < -0.4 is 16.0 Å². The van der Waals surface area contributed by atoms with E-state index in [4.69, 9.17) is 9.52 Å². The van der Waals surface area contributed by atoms with E-state index in [1.54, 1.807) is 18.2 Å². The largest absolute Gasteiger partial charge is 0.478 e. The van der Waals surface area contributed by atoms with Crippen LogP contribution in [0, 0.1) is 0 Å². The summed E-state index contributed by atoms with van der Waals surface area (Å²) in [5.41, 5.74) is 4.15. The SMILES string of the molecule is O=C(Cc1ccc2nc(Nc3ccccc3)oc2c1)N[C@H](Cc1ccccc1)C(=O)Nc1ccc(C(=O)O)cc1. The van der Waals surface area contributed by atoms with E-state index in [9.17, 15) is 14.4 Å². The molecule has 0 radical (unpaired) electrons. The predicted octanol–water partition coefficient (Wildman–Crippen LogP) is 5.18. The average Bonchev–Trinajstić information content (AvgIpc) is 3.35. The van der Waals surface area contributed by atoms with Gasteiger partial charge in [0.25, 0.3) is 6.01 Å². The molecular weight excluding hydrogens is 508 g/mol. The first-order valence-electron chi connectivity index (χ1n) is 12.6. The van der Waals surface area contributed by atoms with Gasteiger partial charge in [-0.3, -0.25) is 9.59 Å². The van der Waals surface area contributed by atoms with Gasteiger partial charge in [0.05, 0.1) is 12.0 Å². The van der Waals surface area contributed by atoms with Gasteiger partial charge in [0.2, 0.25) is 11.8 Å². The lowest BCUT2D eigenvalue weighted by molar-refractivity contribution is -0.126. The molecule has 0 aliphatic carbocycles. The molecule has 40 heavy (non-hydrogen) atoms. The van der Waals surface area contributed by atoms with Crippen LogP contribution in [-0.4, -0.2) is 33.9 Å². The van der Waals surface area contributed by atoms with Gasteiger partial charge in [-0.25, -0.2) is 4.79 Å². The molecule has 2 amide bonds. The molecule has 0 aliphatic rings. The lowest BCUT2D eigenvalue weighted by atomic mass is 10.0. The molecule has 0 saturated carbocycles. The van der Waals surface area contributed by atoms with E-state index in [1.165, 1.54) is 24.3 Å². The number of nitrogens with one attached hydrogen (secondary N) is 3. The zero-order valence-corrected chi connectivity index (χ0v) is 21.3. The topological polar surface area (TPSA) is 134 Å². The van der Waals surface area contributed by atoms with E-state index in [2.05, 4.69) is 20.9 Å². The summed E-state index contributed by atoms with van der Waals surface area (Å²) < 4.78 is 5.83. The quantitative estimate of drug-likeness (QED) is 0.194.